The van der Waals surface area contributed by atoms with Crippen molar-refractivity contribution in [1.29, 1.82) is 0 Å². The van der Waals surface area contributed by atoms with Crippen molar-refractivity contribution in [3.05, 3.63) is 58.7 Å². The number of carbonyl (C=O) groups is 2. The third-order valence-corrected chi connectivity index (χ3v) is 4.11. The van der Waals surface area contributed by atoms with Gasteiger partial charge in [-0.25, -0.2) is 14.8 Å². The topological polar surface area (TPSA) is 72.4 Å². The maximum atomic E-state index is 12.8. The normalized spacial score (nSPS) is 13.0. The number of amides is 1. The van der Waals surface area contributed by atoms with Gasteiger partial charge in [0.05, 0.1) is 24.9 Å². The predicted octanol–water partition coefficient (Wildman–Crippen LogP) is 2.62. The van der Waals surface area contributed by atoms with Crippen molar-refractivity contribution >= 4 is 11.9 Å². The smallest absolute Gasteiger partial charge is 0.337 e. The summed E-state index contributed by atoms with van der Waals surface area (Å²) in [5, 5.41) is 0. The van der Waals surface area contributed by atoms with E-state index in [1.165, 1.54) is 7.11 Å². The standard InChI is InChI=1S/C19H21N3O3/c1-12(2)7-17-20-9-15-10-22(11-16(15)21-17)18(23)13-5-4-6-14(8-13)19(24)25-3/h4-6,8-9,12H,7,10-11H2,1-3H3. The quantitative estimate of drug-likeness (QED) is 0.801. The molecule has 6 heteroatoms. The van der Waals surface area contributed by atoms with Crippen molar-refractivity contribution in [3.8, 4) is 0 Å². The molecule has 0 atom stereocenters. The highest BCUT2D eigenvalue weighted by molar-refractivity contribution is 5.98. The Morgan fingerprint density at radius 2 is 2.00 bits per heavy atom. The van der Waals surface area contributed by atoms with Gasteiger partial charge in [0.1, 0.15) is 5.82 Å². The fourth-order valence-electron chi connectivity index (χ4n) is 2.88. The monoisotopic (exact) mass is 339 g/mol. The molecular weight excluding hydrogens is 318 g/mol. The zero-order valence-electron chi connectivity index (χ0n) is 14.7. The Hall–Kier alpha value is -2.76. The molecule has 2 aromatic rings. The Labute approximate surface area is 146 Å². The van der Waals surface area contributed by atoms with Crippen LogP contribution in [0.4, 0.5) is 0 Å². The van der Waals surface area contributed by atoms with Gasteiger partial charge in [0.25, 0.3) is 5.91 Å². The number of ether oxygens (including phenoxy) is 1. The summed E-state index contributed by atoms with van der Waals surface area (Å²) in [6.07, 6.45) is 2.64. The van der Waals surface area contributed by atoms with Crippen molar-refractivity contribution in [3.63, 3.8) is 0 Å². The van der Waals surface area contributed by atoms with E-state index in [1.807, 2.05) is 6.20 Å². The number of rotatable bonds is 4. The number of fused-ring (bicyclic) bond motifs is 1. The Morgan fingerprint density at radius 3 is 2.72 bits per heavy atom. The molecular formula is C19H21N3O3. The fraction of sp³-hybridized carbons (Fsp3) is 0.368. The molecule has 0 saturated carbocycles. The molecule has 0 aliphatic carbocycles. The minimum Gasteiger partial charge on any atom is -0.465 e. The average molecular weight is 339 g/mol. The van der Waals surface area contributed by atoms with Gasteiger partial charge in [-0.1, -0.05) is 19.9 Å². The molecule has 1 amide bonds. The number of nitrogens with zero attached hydrogens (tertiary/aromatic N) is 3. The first kappa shape index (κ1) is 17.1. The van der Waals surface area contributed by atoms with E-state index in [4.69, 9.17) is 4.74 Å². The summed E-state index contributed by atoms with van der Waals surface area (Å²) in [6, 6.07) is 6.58. The van der Waals surface area contributed by atoms with E-state index in [0.29, 0.717) is 30.1 Å². The van der Waals surface area contributed by atoms with Gasteiger partial charge < -0.3 is 9.64 Å². The molecule has 1 aliphatic heterocycles. The summed E-state index contributed by atoms with van der Waals surface area (Å²) in [7, 11) is 1.32. The molecule has 0 radical (unpaired) electrons. The second kappa shape index (κ2) is 7.01. The second-order valence-electron chi connectivity index (χ2n) is 6.59. The zero-order valence-corrected chi connectivity index (χ0v) is 14.7. The summed E-state index contributed by atoms with van der Waals surface area (Å²) in [5.41, 5.74) is 2.71. The van der Waals surface area contributed by atoms with Gasteiger partial charge in [0, 0.05) is 30.3 Å². The number of aromatic nitrogens is 2. The fourth-order valence-corrected chi connectivity index (χ4v) is 2.88. The molecule has 25 heavy (non-hydrogen) atoms. The molecule has 1 aliphatic rings. The highest BCUT2D eigenvalue weighted by Gasteiger charge is 2.26. The highest BCUT2D eigenvalue weighted by atomic mass is 16.5. The first-order valence-electron chi connectivity index (χ1n) is 8.29. The first-order chi connectivity index (χ1) is 12.0. The minimum absolute atomic E-state index is 0.130. The molecule has 130 valence electrons. The number of carbonyl (C=O) groups excluding carboxylic acids is 2. The van der Waals surface area contributed by atoms with Crippen LogP contribution < -0.4 is 0 Å². The third kappa shape index (κ3) is 3.68. The number of hydrogen-bond donors (Lipinski definition) is 0. The molecule has 0 unspecified atom stereocenters. The Balaban J connectivity index is 1.77. The van der Waals surface area contributed by atoms with Crippen molar-refractivity contribution in [2.45, 2.75) is 33.4 Å². The molecule has 2 heterocycles. The maximum Gasteiger partial charge on any atom is 0.337 e. The number of benzene rings is 1. The van der Waals surface area contributed by atoms with E-state index in [1.54, 1.807) is 29.2 Å². The van der Waals surface area contributed by atoms with Crippen LogP contribution in [0.2, 0.25) is 0 Å². The molecule has 0 saturated heterocycles. The van der Waals surface area contributed by atoms with Gasteiger partial charge >= 0.3 is 5.97 Å². The summed E-state index contributed by atoms with van der Waals surface area (Å²) in [4.78, 5) is 35.1. The molecule has 0 fully saturated rings. The number of hydrogen-bond acceptors (Lipinski definition) is 5. The third-order valence-electron chi connectivity index (χ3n) is 4.11. The molecule has 1 aromatic heterocycles. The first-order valence-corrected chi connectivity index (χ1v) is 8.29. The van der Waals surface area contributed by atoms with Crippen LogP contribution in [-0.2, 0) is 24.2 Å². The largest absolute Gasteiger partial charge is 0.465 e. The van der Waals surface area contributed by atoms with Gasteiger partial charge in [-0.15, -0.1) is 0 Å². The number of esters is 1. The van der Waals surface area contributed by atoms with Crippen LogP contribution in [0.15, 0.2) is 30.5 Å². The molecule has 0 N–H and O–H groups in total. The second-order valence-corrected chi connectivity index (χ2v) is 6.59. The zero-order chi connectivity index (χ0) is 18.0. The van der Waals surface area contributed by atoms with Crippen LogP contribution in [0.25, 0.3) is 0 Å². The van der Waals surface area contributed by atoms with E-state index >= 15 is 0 Å². The van der Waals surface area contributed by atoms with Gasteiger partial charge in [0.15, 0.2) is 0 Å². The lowest BCUT2D eigenvalue weighted by molar-refractivity contribution is 0.0600. The van der Waals surface area contributed by atoms with Crippen molar-refractivity contribution in [2.24, 2.45) is 5.92 Å². The summed E-state index contributed by atoms with van der Waals surface area (Å²) in [5.74, 6) is 0.715. The minimum atomic E-state index is -0.455. The van der Waals surface area contributed by atoms with Crippen LogP contribution in [0.1, 0.15) is 51.6 Å². The van der Waals surface area contributed by atoms with Gasteiger partial charge in [0.2, 0.25) is 0 Å². The van der Waals surface area contributed by atoms with Gasteiger partial charge in [-0.2, -0.15) is 0 Å². The van der Waals surface area contributed by atoms with Gasteiger partial charge in [-0.3, -0.25) is 4.79 Å². The predicted molar refractivity (Wildman–Crippen MR) is 91.9 cm³/mol. The summed E-state index contributed by atoms with van der Waals surface area (Å²) in [6.45, 7) is 5.20. The summed E-state index contributed by atoms with van der Waals surface area (Å²) >= 11 is 0. The van der Waals surface area contributed by atoms with Crippen molar-refractivity contribution in [2.75, 3.05) is 7.11 Å². The van der Waals surface area contributed by atoms with Crippen molar-refractivity contribution < 1.29 is 14.3 Å². The van der Waals surface area contributed by atoms with Crippen LogP contribution in [0, 0.1) is 5.92 Å². The number of methoxy groups -OCH3 is 1. The summed E-state index contributed by atoms with van der Waals surface area (Å²) < 4.78 is 4.71. The van der Waals surface area contributed by atoms with Crippen LogP contribution >= 0.6 is 0 Å². The van der Waals surface area contributed by atoms with E-state index in [9.17, 15) is 9.59 Å². The lowest BCUT2D eigenvalue weighted by Crippen LogP contribution is -2.25. The highest BCUT2D eigenvalue weighted by Crippen LogP contribution is 2.23. The molecule has 0 bridgehead atoms. The average Bonchev–Trinajstić information content (AvgIpc) is 3.03. The van der Waals surface area contributed by atoms with Crippen molar-refractivity contribution in [1.82, 2.24) is 14.9 Å². The van der Waals surface area contributed by atoms with E-state index in [0.717, 1.165) is 23.5 Å². The van der Waals surface area contributed by atoms with Crippen LogP contribution in [0.5, 0.6) is 0 Å². The Kier molecular flexibility index (Phi) is 4.79. The van der Waals surface area contributed by atoms with E-state index in [-0.39, 0.29) is 5.91 Å². The van der Waals surface area contributed by atoms with E-state index < -0.39 is 5.97 Å². The molecule has 0 spiro atoms. The maximum absolute atomic E-state index is 12.8. The van der Waals surface area contributed by atoms with Crippen LogP contribution in [-0.4, -0.2) is 33.9 Å². The Bertz CT molecular complexity index is 817. The lowest BCUT2D eigenvalue weighted by Gasteiger charge is -2.15. The van der Waals surface area contributed by atoms with E-state index in [2.05, 4.69) is 23.8 Å². The Morgan fingerprint density at radius 1 is 1.24 bits per heavy atom. The molecule has 6 nitrogen and oxygen atoms in total. The molecule has 3 rings (SSSR count). The SMILES string of the molecule is COC(=O)c1cccc(C(=O)N2Cc3cnc(CC(C)C)nc3C2)c1. The lowest BCUT2D eigenvalue weighted by atomic mass is 10.1. The molecule has 1 aromatic carbocycles. The van der Waals surface area contributed by atoms with Gasteiger partial charge in [-0.05, 0) is 24.1 Å². The van der Waals surface area contributed by atoms with Crippen LogP contribution in [0.3, 0.4) is 0 Å².